The molecule has 0 saturated carbocycles. The van der Waals surface area contributed by atoms with Crippen LogP contribution in [0.3, 0.4) is 0 Å². The SMILES string of the molecule is CC(=O)O.CCC.O=C(CNC(=O)C1CC(CNC(=O)c2ccc3ccccc3n2)=NO1)COc1ccccc1. The van der Waals surface area contributed by atoms with E-state index in [0.717, 1.165) is 17.8 Å². The van der Waals surface area contributed by atoms with E-state index in [2.05, 4.69) is 34.6 Å². The molecule has 1 atom stereocenters. The minimum Gasteiger partial charge on any atom is -0.486 e. The second-order valence-electron chi connectivity index (χ2n) is 8.61. The Kier molecular flexibility index (Phi) is 13.3. The number of benzene rings is 2. The highest BCUT2D eigenvalue weighted by atomic mass is 16.6. The van der Waals surface area contributed by atoms with Crippen molar-refractivity contribution in [1.82, 2.24) is 15.6 Å². The first-order valence-corrected chi connectivity index (χ1v) is 12.8. The Bertz CT molecular complexity index is 1310. The van der Waals surface area contributed by atoms with Gasteiger partial charge in [-0.05, 0) is 24.3 Å². The first-order chi connectivity index (χ1) is 19.2. The quantitative estimate of drug-likeness (QED) is 0.366. The molecule has 1 aliphatic heterocycles. The number of amides is 2. The number of rotatable bonds is 9. The van der Waals surface area contributed by atoms with Gasteiger partial charge in [0.2, 0.25) is 6.10 Å². The van der Waals surface area contributed by atoms with Gasteiger partial charge in [0.05, 0.1) is 24.3 Å². The minimum absolute atomic E-state index is 0.126. The number of ether oxygens (including phenoxy) is 1. The predicted molar refractivity (Wildman–Crippen MR) is 150 cm³/mol. The average molecular weight is 551 g/mol. The Morgan fingerprint density at radius 1 is 0.975 bits per heavy atom. The van der Waals surface area contributed by atoms with Gasteiger partial charge in [-0.1, -0.05) is 67.9 Å². The molecule has 0 saturated heterocycles. The molecule has 11 heteroatoms. The topological polar surface area (TPSA) is 156 Å². The van der Waals surface area contributed by atoms with Gasteiger partial charge in [0, 0.05) is 18.7 Å². The first kappa shape index (κ1) is 31.4. The summed E-state index contributed by atoms with van der Waals surface area (Å²) < 4.78 is 5.36. The van der Waals surface area contributed by atoms with Gasteiger partial charge in [-0.15, -0.1) is 0 Å². The van der Waals surface area contributed by atoms with Gasteiger partial charge >= 0.3 is 0 Å². The van der Waals surface area contributed by atoms with E-state index in [-0.39, 0.29) is 37.8 Å². The number of aromatic nitrogens is 1. The number of oxime groups is 1. The largest absolute Gasteiger partial charge is 0.486 e. The van der Waals surface area contributed by atoms with Gasteiger partial charge in [-0.2, -0.15) is 0 Å². The number of pyridine rings is 1. The summed E-state index contributed by atoms with van der Waals surface area (Å²) in [6, 6.07) is 19.9. The number of para-hydroxylation sites is 2. The van der Waals surface area contributed by atoms with Crippen molar-refractivity contribution in [2.24, 2.45) is 5.16 Å². The summed E-state index contributed by atoms with van der Waals surface area (Å²) in [6.45, 7) is 5.14. The van der Waals surface area contributed by atoms with Crippen molar-refractivity contribution in [1.29, 1.82) is 0 Å². The summed E-state index contributed by atoms with van der Waals surface area (Å²) in [5.41, 5.74) is 1.54. The van der Waals surface area contributed by atoms with Crippen LogP contribution in [0, 0.1) is 0 Å². The number of carboxylic acid groups (broad SMARTS) is 1. The maximum Gasteiger partial charge on any atom is 0.300 e. The maximum atomic E-state index is 12.4. The van der Waals surface area contributed by atoms with Crippen molar-refractivity contribution in [2.45, 2.75) is 39.7 Å². The predicted octanol–water partition coefficient (Wildman–Crippen LogP) is 3.38. The molecule has 0 aliphatic carbocycles. The van der Waals surface area contributed by atoms with Crippen LogP contribution in [-0.4, -0.2) is 65.2 Å². The van der Waals surface area contributed by atoms with E-state index in [1.807, 2.05) is 36.4 Å². The second kappa shape index (κ2) is 16.9. The molecule has 2 heterocycles. The van der Waals surface area contributed by atoms with Gasteiger partial charge in [-0.3, -0.25) is 19.2 Å². The standard InChI is InChI=1S/C24H22N4O5.C3H8.C2H4O2/c29-18(15-32-19-7-2-1-3-8-19)14-26-24(31)22-12-17(28-33-22)13-25-23(30)21-11-10-16-6-4-5-9-20(16)27-21;1-3-2;1-2(3)4/h1-11,22H,12-15H2,(H,25,30)(H,26,31);3H2,1-2H3;1H3,(H,3,4). The molecule has 212 valence electrons. The lowest BCUT2D eigenvalue weighted by Crippen LogP contribution is -2.39. The first-order valence-electron chi connectivity index (χ1n) is 12.8. The molecule has 3 N–H and O–H groups in total. The van der Waals surface area contributed by atoms with Crippen molar-refractivity contribution in [2.75, 3.05) is 19.7 Å². The third-order valence-electron chi connectivity index (χ3n) is 4.91. The van der Waals surface area contributed by atoms with Gasteiger partial charge in [0.15, 0.2) is 5.78 Å². The number of nitrogens with zero attached hydrogens (tertiary/aromatic N) is 2. The molecule has 2 amide bonds. The zero-order valence-electron chi connectivity index (χ0n) is 22.8. The fourth-order valence-corrected chi connectivity index (χ4v) is 3.17. The molecule has 1 aliphatic rings. The molecule has 11 nitrogen and oxygen atoms in total. The van der Waals surface area contributed by atoms with E-state index in [9.17, 15) is 14.4 Å². The Morgan fingerprint density at radius 2 is 1.62 bits per heavy atom. The third-order valence-corrected chi connectivity index (χ3v) is 4.91. The van der Waals surface area contributed by atoms with Crippen LogP contribution in [-0.2, 0) is 19.2 Å². The maximum absolute atomic E-state index is 12.4. The molecule has 0 radical (unpaired) electrons. The normalized spacial score (nSPS) is 13.3. The summed E-state index contributed by atoms with van der Waals surface area (Å²) in [6.07, 6.45) is 0.616. The Balaban J connectivity index is 0.000000722. The van der Waals surface area contributed by atoms with Crippen LogP contribution in [0.25, 0.3) is 10.9 Å². The Hall–Kier alpha value is -4.80. The highest BCUT2D eigenvalue weighted by molar-refractivity contribution is 6.00. The molecular weight excluding hydrogens is 516 g/mol. The van der Waals surface area contributed by atoms with Crippen LogP contribution in [0.4, 0.5) is 0 Å². The highest BCUT2D eigenvalue weighted by Gasteiger charge is 2.28. The van der Waals surface area contributed by atoms with Gasteiger partial charge in [0.1, 0.15) is 18.1 Å². The van der Waals surface area contributed by atoms with Crippen molar-refractivity contribution >= 4 is 40.2 Å². The number of aliphatic carboxylic acids is 1. The summed E-state index contributed by atoms with van der Waals surface area (Å²) in [5.74, 6) is -1.33. The molecule has 0 spiro atoms. The number of Topliss-reactive ketones (excluding diaryl/α,β-unsaturated/α-hetero) is 1. The Labute approximate surface area is 232 Å². The molecular formula is C29H34N4O7. The van der Waals surface area contributed by atoms with E-state index < -0.39 is 18.0 Å². The summed E-state index contributed by atoms with van der Waals surface area (Å²) in [4.78, 5) is 55.1. The lowest BCUT2D eigenvalue weighted by molar-refractivity contribution is -0.134. The smallest absolute Gasteiger partial charge is 0.300 e. The van der Waals surface area contributed by atoms with Crippen molar-refractivity contribution < 1.29 is 33.9 Å². The van der Waals surface area contributed by atoms with Crippen LogP contribution in [0.5, 0.6) is 5.75 Å². The monoisotopic (exact) mass is 550 g/mol. The number of hydrogen-bond donors (Lipinski definition) is 3. The molecule has 1 unspecified atom stereocenters. The van der Waals surface area contributed by atoms with Crippen LogP contribution >= 0.6 is 0 Å². The molecule has 0 fully saturated rings. The zero-order valence-corrected chi connectivity index (χ0v) is 22.8. The van der Waals surface area contributed by atoms with Gasteiger partial charge < -0.3 is 25.3 Å². The molecule has 3 aromatic rings. The van der Waals surface area contributed by atoms with Crippen molar-refractivity contribution in [3.63, 3.8) is 0 Å². The van der Waals surface area contributed by atoms with Crippen molar-refractivity contribution in [3.05, 3.63) is 72.4 Å². The molecule has 4 rings (SSSR count). The molecule has 40 heavy (non-hydrogen) atoms. The second-order valence-corrected chi connectivity index (χ2v) is 8.61. The van der Waals surface area contributed by atoms with E-state index in [0.29, 0.717) is 17.2 Å². The van der Waals surface area contributed by atoms with E-state index in [1.54, 1.807) is 30.3 Å². The van der Waals surface area contributed by atoms with Crippen LogP contribution in [0.1, 0.15) is 44.1 Å². The number of hydrogen-bond acceptors (Lipinski definition) is 8. The van der Waals surface area contributed by atoms with Crippen molar-refractivity contribution in [3.8, 4) is 5.75 Å². The summed E-state index contributed by atoms with van der Waals surface area (Å²) in [5, 5.41) is 17.5. The summed E-state index contributed by atoms with van der Waals surface area (Å²) >= 11 is 0. The number of carbonyl (C=O) groups excluding carboxylic acids is 3. The number of ketones is 1. The molecule has 2 aromatic carbocycles. The third kappa shape index (κ3) is 11.3. The number of carboxylic acids is 1. The average Bonchev–Trinajstić information content (AvgIpc) is 3.43. The van der Waals surface area contributed by atoms with E-state index in [4.69, 9.17) is 19.5 Å². The number of fused-ring (bicyclic) bond motifs is 1. The van der Waals surface area contributed by atoms with E-state index >= 15 is 0 Å². The lowest BCUT2D eigenvalue weighted by Gasteiger charge is -2.10. The molecule has 1 aromatic heterocycles. The lowest BCUT2D eigenvalue weighted by atomic mass is 10.1. The van der Waals surface area contributed by atoms with E-state index in [1.165, 1.54) is 6.42 Å². The number of nitrogens with one attached hydrogen (secondary N) is 2. The molecule has 0 bridgehead atoms. The number of carbonyl (C=O) groups is 4. The minimum atomic E-state index is -0.849. The van der Waals surface area contributed by atoms with Crippen LogP contribution in [0.15, 0.2) is 71.9 Å². The fourth-order valence-electron chi connectivity index (χ4n) is 3.17. The van der Waals surface area contributed by atoms with Gasteiger partial charge in [-0.25, -0.2) is 4.98 Å². The summed E-state index contributed by atoms with van der Waals surface area (Å²) in [7, 11) is 0. The van der Waals surface area contributed by atoms with Crippen LogP contribution in [0.2, 0.25) is 0 Å². The van der Waals surface area contributed by atoms with Gasteiger partial charge in [0.25, 0.3) is 17.8 Å². The van der Waals surface area contributed by atoms with Crippen LogP contribution < -0.4 is 15.4 Å². The fraction of sp³-hybridized carbons (Fsp3) is 0.310. The Morgan fingerprint density at radius 3 is 2.33 bits per heavy atom. The highest BCUT2D eigenvalue weighted by Crippen LogP contribution is 2.13. The zero-order chi connectivity index (χ0) is 29.3.